The molecule has 0 saturated carbocycles. The average molecular weight is 281 g/mol. The quantitative estimate of drug-likeness (QED) is 0.650. The maximum absolute atomic E-state index is 11.8. The number of hydrogen-bond acceptors (Lipinski definition) is 5. The number of carbonyl (C=O) groups excluding carboxylic acids is 1. The molecular weight excluding hydrogens is 258 g/mol. The van der Waals surface area contributed by atoms with Crippen LogP contribution < -0.4 is 9.47 Å². The Balaban J connectivity index is 2.72. The summed E-state index contributed by atoms with van der Waals surface area (Å²) >= 11 is 0. The largest absolute Gasteiger partial charge is 0.488 e. The summed E-state index contributed by atoms with van der Waals surface area (Å²) in [6.45, 7) is 4.94. The van der Waals surface area contributed by atoms with Crippen LogP contribution in [0.15, 0.2) is 12.3 Å². The fraction of sp³-hybridized carbons (Fsp3) is 0.600. The fourth-order valence-electron chi connectivity index (χ4n) is 1.62. The summed E-state index contributed by atoms with van der Waals surface area (Å²) in [6.07, 6.45) is 2.80. The molecule has 112 valence electrons. The van der Waals surface area contributed by atoms with E-state index >= 15 is 0 Å². The molecule has 0 aliphatic rings. The first-order valence-electron chi connectivity index (χ1n) is 6.75. The van der Waals surface area contributed by atoms with E-state index in [2.05, 4.69) is 4.98 Å². The van der Waals surface area contributed by atoms with Gasteiger partial charge in [0.2, 0.25) is 0 Å². The fourth-order valence-corrected chi connectivity index (χ4v) is 1.62. The predicted molar refractivity (Wildman–Crippen MR) is 76.3 cm³/mol. The second-order valence-electron chi connectivity index (χ2n) is 4.84. The number of Topliss-reactive ketones (excluding diaryl/α,β-unsaturated/α-hetero) is 1. The number of rotatable bonds is 9. The van der Waals surface area contributed by atoms with E-state index in [-0.39, 0.29) is 11.7 Å². The molecule has 5 nitrogen and oxygen atoms in total. The van der Waals surface area contributed by atoms with Gasteiger partial charge >= 0.3 is 0 Å². The monoisotopic (exact) mass is 281 g/mol. The van der Waals surface area contributed by atoms with Crippen LogP contribution in [0.5, 0.6) is 11.6 Å². The van der Waals surface area contributed by atoms with Crippen molar-refractivity contribution in [1.29, 1.82) is 0 Å². The Kier molecular flexibility index (Phi) is 7.01. The molecule has 0 spiro atoms. The molecular formula is C15H23NO4. The summed E-state index contributed by atoms with van der Waals surface area (Å²) < 4.78 is 15.8. The van der Waals surface area contributed by atoms with Gasteiger partial charge in [0, 0.05) is 38.7 Å². The number of aromatic nitrogens is 1. The summed E-state index contributed by atoms with van der Waals surface area (Å²) in [4.78, 5) is 15.9. The van der Waals surface area contributed by atoms with Crippen LogP contribution >= 0.6 is 0 Å². The van der Waals surface area contributed by atoms with Crippen molar-refractivity contribution in [3.05, 3.63) is 17.8 Å². The van der Waals surface area contributed by atoms with Crippen molar-refractivity contribution >= 4 is 5.78 Å². The molecule has 0 fully saturated rings. The van der Waals surface area contributed by atoms with Crippen LogP contribution in [0.4, 0.5) is 0 Å². The molecule has 0 radical (unpaired) electrons. The summed E-state index contributed by atoms with van der Waals surface area (Å²) in [5, 5.41) is 0. The number of ketones is 1. The number of nitrogens with zero attached hydrogens (tertiary/aromatic N) is 1. The van der Waals surface area contributed by atoms with Gasteiger partial charge in [-0.3, -0.25) is 4.79 Å². The molecule has 0 saturated heterocycles. The molecule has 1 heterocycles. The SMILES string of the molecule is COCCCOc1cc(CC(=O)C(C)C)cnc1OC. The average Bonchev–Trinajstić information content (AvgIpc) is 2.43. The zero-order chi connectivity index (χ0) is 15.0. The normalized spacial score (nSPS) is 10.7. The molecule has 5 heteroatoms. The van der Waals surface area contributed by atoms with E-state index in [0.717, 1.165) is 12.0 Å². The summed E-state index contributed by atoms with van der Waals surface area (Å²) in [5.74, 6) is 1.20. The lowest BCUT2D eigenvalue weighted by Gasteiger charge is -2.11. The van der Waals surface area contributed by atoms with Crippen molar-refractivity contribution in [1.82, 2.24) is 4.98 Å². The van der Waals surface area contributed by atoms with Gasteiger partial charge in [-0.05, 0) is 11.6 Å². The molecule has 20 heavy (non-hydrogen) atoms. The number of ether oxygens (including phenoxy) is 3. The lowest BCUT2D eigenvalue weighted by atomic mass is 10.0. The highest BCUT2D eigenvalue weighted by Gasteiger charge is 2.12. The zero-order valence-electron chi connectivity index (χ0n) is 12.6. The van der Waals surface area contributed by atoms with Crippen LogP contribution in [0.25, 0.3) is 0 Å². The highest BCUT2D eigenvalue weighted by molar-refractivity contribution is 5.82. The standard InChI is InChI=1S/C15H23NO4/c1-11(2)13(17)8-12-9-14(15(19-4)16-10-12)20-7-5-6-18-3/h9-11H,5-8H2,1-4H3. The number of methoxy groups -OCH3 is 2. The summed E-state index contributed by atoms with van der Waals surface area (Å²) in [6, 6.07) is 1.82. The number of carbonyl (C=O) groups is 1. The Labute approximate surface area is 120 Å². The van der Waals surface area contributed by atoms with Gasteiger partial charge in [-0.25, -0.2) is 4.98 Å². The Hall–Kier alpha value is -1.62. The minimum absolute atomic E-state index is 0.0168. The van der Waals surface area contributed by atoms with Crippen LogP contribution in [-0.4, -0.2) is 38.2 Å². The second-order valence-corrected chi connectivity index (χ2v) is 4.84. The number of hydrogen-bond donors (Lipinski definition) is 0. The topological polar surface area (TPSA) is 57.7 Å². The smallest absolute Gasteiger partial charge is 0.256 e. The predicted octanol–water partition coefficient (Wildman–Crippen LogP) is 2.27. The Morgan fingerprint density at radius 3 is 2.65 bits per heavy atom. The molecule has 0 atom stereocenters. The third kappa shape index (κ3) is 5.17. The van der Waals surface area contributed by atoms with E-state index in [4.69, 9.17) is 14.2 Å². The van der Waals surface area contributed by atoms with Crippen LogP contribution in [0.3, 0.4) is 0 Å². The van der Waals surface area contributed by atoms with Gasteiger partial charge in [-0.1, -0.05) is 13.8 Å². The van der Waals surface area contributed by atoms with E-state index < -0.39 is 0 Å². The molecule has 0 N–H and O–H groups in total. The van der Waals surface area contributed by atoms with Crippen molar-refractivity contribution < 1.29 is 19.0 Å². The number of pyridine rings is 1. The Morgan fingerprint density at radius 2 is 2.05 bits per heavy atom. The molecule has 0 bridgehead atoms. The molecule has 0 aliphatic heterocycles. The van der Waals surface area contributed by atoms with Crippen molar-refractivity contribution in [2.24, 2.45) is 5.92 Å². The molecule has 1 rings (SSSR count). The van der Waals surface area contributed by atoms with E-state index in [1.807, 2.05) is 19.9 Å². The lowest BCUT2D eigenvalue weighted by molar-refractivity contribution is -0.121. The van der Waals surface area contributed by atoms with Crippen LogP contribution in [-0.2, 0) is 16.0 Å². The Morgan fingerprint density at radius 1 is 1.30 bits per heavy atom. The third-order valence-electron chi connectivity index (χ3n) is 2.84. The molecule has 1 aromatic heterocycles. The van der Waals surface area contributed by atoms with E-state index in [0.29, 0.717) is 31.3 Å². The van der Waals surface area contributed by atoms with Gasteiger partial charge in [-0.2, -0.15) is 0 Å². The van der Waals surface area contributed by atoms with Crippen LogP contribution in [0.1, 0.15) is 25.8 Å². The molecule has 0 aromatic carbocycles. The lowest BCUT2D eigenvalue weighted by Crippen LogP contribution is -2.11. The van der Waals surface area contributed by atoms with E-state index in [1.54, 1.807) is 20.4 Å². The Bertz CT molecular complexity index is 432. The van der Waals surface area contributed by atoms with Gasteiger partial charge < -0.3 is 14.2 Å². The van der Waals surface area contributed by atoms with E-state index in [1.165, 1.54) is 0 Å². The minimum atomic E-state index is 0.0168. The minimum Gasteiger partial charge on any atom is -0.488 e. The van der Waals surface area contributed by atoms with Crippen LogP contribution in [0, 0.1) is 5.92 Å². The second kappa shape index (κ2) is 8.53. The third-order valence-corrected chi connectivity index (χ3v) is 2.84. The zero-order valence-corrected chi connectivity index (χ0v) is 12.6. The van der Waals surface area contributed by atoms with Gasteiger partial charge in [0.05, 0.1) is 13.7 Å². The molecule has 0 aliphatic carbocycles. The van der Waals surface area contributed by atoms with E-state index in [9.17, 15) is 4.79 Å². The van der Waals surface area contributed by atoms with Gasteiger partial charge in [0.25, 0.3) is 5.88 Å². The molecule has 0 amide bonds. The molecule has 0 unspecified atom stereocenters. The maximum atomic E-state index is 11.8. The van der Waals surface area contributed by atoms with Crippen molar-refractivity contribution in [2.75, 3.05) is 27.4 Å². The first kappa shape index (κ1) is 16.4. The first-order chi connectivity index (χ1) is 9.58. The highest BCUT2D eigenvalue weighted by atomic mass is 16.5. The molecule has 1 aromatic rings. The maximum Gasteiger partial charge on any atom is 0.256 e. The van der Waals surface area contributed by atoms with Crippen molar-refractivity contribution in [3.8, 4) is 11.6 Å². The summed E-state index contributed by atoms with van der Waals surface area (Å²) in [5.41, 5.74) is 0.839. The van der Waals surface area contributed by atoms with Crippen molar-refractivity contribution in [3.63, 3.8) is 0 Å². The highest BCUT2D eigenvalue weighted by Crippen LogP contribution is 2.25. The van der Waals surface area contributed by atoms with Gasteiger partial charge in [0.15, 0.2) is 5.75 Å². The van der Waals surface area contributed by atoms with Crippen LogP contribution in [0.2, 0.25) is 0 Å². The van der Waals surface area contributed by atoms with Gasteiger partial charge in [-0.15, -0.1) is 0 Å². The first-order valence-corrected chi connectivity index (χ1v) is 6.75. The summed E-state index contributed by atoms with van der Waals surface area (Å²) in [7, 11) is 3.20. The van der Waals surface area contributed by atoms with Crippen molar-refractivity contribution in [2.45, 2.75) is 26.7 Å². The van der Waals surface area contributed by atoms with Gasteiger partial charge in [0.1, 0.15) is 5.78 Å².